The number of hydrogen-bond donors (Lipinski definition) is 8. The molecule has 0 aliphatic carbocycles. The van der Waals surface area contributed by atoms with Crippen LogP contribution in [0.25, 0.3) is 12.2 Å². The number of phenols is 2. The summed E-state index contributed by atoms with van der Waals surface area (Å²) in [6.07, 6.45) is -7.96. The lowest BCUT2D eigenvalue weighted by Crippen LogP contribution is -2.64. The number of aromatic hydroxyl groups is 2. The maximum atomic E-state index is 11.0. The predicted molar refractivity (Wildman–Crippen MR) is 150 cm³/mol. The number of rotatable bonds is 12. The predicted octanol–water partition coefficient (Wildman–Crippen LogP) is -0.511. The molecule has 4 rings (SSSR count). The monoisotopic (exact) mass is 606 g/mol. The lowest BCUT2D eigenvalue weighted by Gasteiger charge is -2.46. The van der Waals surface area contributed by atoms with E-state index in [4.69, 9.17) is 23.7 Å². The fourth-order valence-corrected chi connectivity index (χ4v) is 4.60. The summed E-state index contributed by atoms with van der Waals surface area (Å²) in [4.78, 5) is 0. The molecule has 2 saturated heterocycles. The molecule has 0 amide bonds. The van der Waals surface area contributed by atoms with Crippen LogP contribution in [0.15, 0.2) is 60.7 Å². The summed E-state index contributed by atoms with van der Waals surface area (Å²) >= 11 is 0. The smallest absolute Gasteiger partial charge is 0.187 e. The van der Waals surface area contributed by atoms with Crippen molar-refractivity contribution >= 4 is 12.2 Å². The minimum atomic E-state index is -1.75. The Bertz CT molecular complexity index is 1170. The molecule has 10 atom stereocenters. The number of aliphatic hydroxyl groups is 6. The van der Waals surface area contributed by atoms with Gasteiger partial charge in [-0.2, -0.15) is 0 Å². The first-order valence-electron chi connectivity index (χ1n) is 13.8. The van der Waals surface area contributed by atoms with E-state index in [1.54, 1.807) is 60.7 Å². The van der Waals surface area contributed by atoms with Gasteiger partial charge in [0.05, 0.1) is 26.4 Å². The summed E-state index contributed by atoms with van der Waals surface area (Å²) in [7, 11) is 0. The maximum absolute atomic E-state index is 11.0. The average molecular weight is 607 g/mol. The summed E-state index contributed by atoms with van der Waals surface area (Å²) < 4.78 is 28.5. The molecule has 2 aliphatic rings. The van der Waals surface area contributed by atoms with Crippen molar-refractivity contribution in [2.45, 2.75) is 61.4 Å². The number of ether oxygens (including phenoxy) is 5. The second-order valence-electron chi connectivity index (χ2n) is 10.2. The van der Waals surface area contributed by atoms with E-state index < -0.39 is 68.0 Å². The molecule has 0 unspecified atom stereocenters. The van der Waals surface area contributed by atoms with Crippen LogP contribution in [0, 0.1) is 0 Å². The van der Waals surface area contributed by atoms with Crippen LogP contribution in [0.2, 0.25) is 0 Å². The van der Waals surface area contributed by atoms with Gasteiger partial charge < -0.3 is 64.5 Å². The third kappa shape index (κ3) is 8.81. The largest absolute Gasteiger partial charge is 0.508 e. The van der Waals surface area contributed by atoms with E-state index in [-0.39, 0.29) is 31.3 Å². The molecular weight excluding hydrogens is 568 g/mol. The maximum Gasteiger partial charge on any atom is 0.187 e. The minimum Gasteiger partial charge on any atom is -0.508 e. The van der Waals surface area contributed by atoms with Crippen LogP contribution in [-0.2, 0) is 23.7 Å². The molecule has 0 radical (unpaired) electrons. The summed E-state index contributed by atoms with van der Waals surface area (Å²) in [5.41, 5.74) is 1.62. The van der Waals surface area contributed by atoms with Crippen LogP contribution in [-0.4, -0.2) is 129 Å². The zero-order valence-corrected chi connectivity index (χ0v) is 23.1. The molecule has 13 heteroatoms. The highest BCUT2D eigenvalue weighted by Gasteiger charge is 2.51. The first-order valence-corrected chi connectivity index (χ1v) is 13.8. The van der Waals surface area contributed by atoms with Gasteiger partial charge in [-0.3, -0.25) is 0 Å². The molecule has 2 fully saturated rings. The fraction of sp³-hybridized carbons (Fsp3) is 0.467. The molecule has 0 spiro atoms. The van der Waals surface area contributed by atoms with Gasteiger partial charge in [0.25, 0.3) is 0 Å². The van der Waals surface area contributed by atoms with E-state index >= 15 is 0 Å². The molecule has 236 valence electrons. The summed E-state index contributed by atoms with van der Waals surface area (Å²) in [5, 5.41) is 80.8. The highest BCUT2D eigenvalue weighted by molar-refractivity contribution is 5.51. The topological polar surface area (TPSA) is 208 Å². The molecule has 0 aromatic heterocycles. The van der Waals surface area contributed by atoms with Crippen molar-refractivity contribution in [3.05, 3.63) is 71.8 Å². The molecule has 0 bridgehead atoms. The van der Waals surface area contributed by atoms with Gasteiger partial charge in [-0.15, -0.1) is 0 Å². The van der Waals surface area contributed by atoms with Crippen LogP contribution in [0.1, 0.15) is 11.1 Å². The van der Waals surface area contributed by atoms with E-state index in [2.05, 4.69) is 0 Å². The van der Waals surface area contributed by atoms with E-state index in [1.165, 1.54) is 12.1 Å². The Labute approximate surface area is 248 Å². The average Bonchev–Trinajstić information content (AvgIpc) is 3.00. The quantitative estimate of drug-likeness (QED) is 0.143. The van der Waals surface area contributed by atoms with Crippen molar-refractivity contribution in [3.8, 4) is 11.5 Å². The normalized spacial score (nSPS) is 33.3. The number of hydrogen-bond acceptors (Lipinski definition) is 13. The molecule has 2 heterocycles. The first kappa shape index (κ1) is 33.0. The summed E-state index contributed by atoms with van der Waals surface area (Å²) in [5.74, 6) is 0.269. The summed E-state index contributed by atoms with van der Waals surface area (Å²) in [6.45, 7) is -0.699. The van der Waals surface area contributed by atoms with E-state index in [0.717, 1.165) is 11.1 Å². The van der Waals surface area contributed by atoms with Crippen molar-refractivity contribution in [2.24, 2.45) is 0 Å². The third-order valence-electron chi connectivity index (χ3n) is 7.04. The Morgan fingerprint density at radius 1 is 0.628 bits per heavy atom. The lowest BCUT2D eigenvalue weighted by molar-refractivity contribution is -0.366. The summed E-state index contributed by atoms with van der Waals surface area (Å²) in [6, 6.07) is 13.0. The highest BCUT2D eigenvalue weighted by Crippen LogP contribution is 2.30. The fourth-order valence-electron chi connectivity index (χ4n) is 4.60. The SMILES string of the molecule is OC[C@H]1O[C@@H](O[C@H]2[C@H](OC/C=C/c3ccc(O)cc3)O[C@H](COC/C=C/c3ccc(O)cc3)[C@@H](O)[C@@H]2O)[C@H](O)[C@@H](O)[C@@H]1O. The van der Waals surface area contributed by atoms with Gasteiger partial charge in [-0.25, -0.2) is 0 Å². The number of phenolic OH excluding ortho intramolecular Hbond substituents is 2. The molecule has 43 heavy (non-hydrogen) atoms. The van der Waals surface area contributed by atoms with E-state index in [9.17, 15) is 40.9 Å². The number of aliphatic hydroxyl groups excluding tert-OH is 6. The molecule has 13 nitrogen and oxygen atoms in total. The van der Waals surface area contributed by atoms with Gasteiger partial charge in [0.1, 0.15) is 60.3 Å². The van der Waals surface area contributed by atoms with Gasteiger partial charge in [0.15, 0.2) is 12.6 Å². The Balaban J connectivity index is 1.41. The van der Waals surface area contributed by atoms with E-state index in [1.807, 2.05) is 0 Å². The Morgan fingerprint density at radius 2 is 1.16 bits per heavy atom. The van der Waals surface area contributed by atoms with Gasteiger partial charge in [-0.05, 0) is 35.4 Å². The molecule has 0 saturated carbocycles. The first-order chi connectivity index (χ1) is 20.7. The van der Waals surface area contributed by atoms with Gasteiger partial charge >= 0.3 is 0 Å². The van der Waals surface area contributed by atoms with Crippen molar-refractivity contribution in [1.82, 2.24) is 0 Å². The lowest BCUT2D eigenvalue weighted by atomic mass is 9.97. The number of benzene rings is 2. The molecular formula is C30H38O13. The zero-order valence-electron chi connectivity index (χ0n) is 23.1. The molecule has 2 aromatic carbocycles. The van der Waals surface area contributed by atoms with Gasteiger partial charge in [0, 0.05) is 0 Å². The van der Waals surface area contributed by atoms with Gasteiger partial charge in [-0.1, -0.05) is 48.6 Å². The van der Waals surface area contributed by atoms with E-state index in [0.29, 0.717) is 0 Å². The van der Waals surface area contributed by atoms with Crippen LogP contribution in [0.4, 0.5) is 0 Å². The second kappa shape index (κ2) is 15.7. The Morgan fingerprint density at radius 3 is 1.74 bits per heavy atom. The van der Waals surface area contributed by atoms with Crippen molar-refractivity contribution < 1.29 is 64.5 Å². The minimum absolute atomic E-state index is 0.0359. The highest BCUT2D eigenvalue weighted by atomic mass is 16.8. The Hall–Kier alpha value is -2.92. The standard InChI is InChI=1S/C30H38O13/c31-15-21-23(34)25(36)27(38)29(41-21)43-28-26(37)24(35)22(16-39-13-1-3-17-5-9-19(32)10-6-17)42-30(28)40-14-2-4-18-7-11-20(33)12-8-18/h1-12,21-38H,13-16H2/b3-1+,4-2+/t21-,22-,23-,24-,25+,26+,27-,28-,29+,30-/m1/s1. The molecule has 2 aromatic rings. The van der Waals surface area contributed by atoms with Crippen LogP contribution in [0.3, 0.4) is 0 Å². The van der Waals surface area contributed by atoms with Crippen LogP contribution in [0.5, 0.6) is 11.5 Å². The van der Waals surface area contributed by atoms with Crippen molar-refractivity contribution in [2.75, 3.05) is 26.4 Å². The molecule has 2 aliphatic heterocycles. The van der Waals surface area contributed by atoms with Gasteiger partial charge in [0.2, 0.25) is 0 Å². The van der Waals surface area contributed by atoms with Crippen LogP contribution < -0.4 is 0 Å². The van der Waals surface area contributed by atoms with Crippen LogP contribution >= 0.6 is 0 Å². The van der Waals surface area contributed by atoms with Crippen molar-refractivity contribution in [3.63, 3.8) is 0 Å². The molecule has 8 N–H and O–H groups in total. The Kier molecular flexibility index (Phi) is 12.0. The second-order valence-corrected chi connectivity index (χ2v) is 10.2. The zero-order chi connectivity index (χ0) is 30.9. The third-order valence-corrected chi connectivity index (χ3v) is 7.04. The van der Waals surface area contributed by atoms with Crippen molar-refractivity contribution in [1.29, 1.82) is 0 Å².